The molecule has 0 N–H and O–H groups in total. The number of likely N-dealkylation sites (tertiary alicyclic amines) is 1. The lowest BCUT2D eigenvalue weighted by atomic mass is 9.71. The normalized spacial score (nSPS) is 22.1. The molecule has 3 rings (SSSR count). The Kier molecular flexibility index (Phi) is 5.78. The van der Waals surface area contributed by atoms with E-state index in [1.165, 1.54) is 12.1 Å². The minimum absolute atomic E-state index is 0.211. The fourth-order valence-electron chi connectivity index (χ4n) is 3.79. The summed E-state index contributed by atoms with van der Waals surface area (Å²) >= 11 is 0. The topological polar surface area (TPSA) is 48.0 Å². The molecule has 2 aliphatic heterocycles. The SMILES string of the molecule is CC(C)(C)OC(=O)N1CCC(c2ccc(F)cc2B2OC(C)(C)C(C)(C)O2)CC1. The number of amides is 1. The summed E-state index contributed by atoms with van der Waals surface area (Å²) in [5.74, 6) is -0.0898. The molecule has 160 valence electrons. The number of carbonyl (C=O) groups is 1. The Hall–Kier alpha value is -1.60. The van der Waals surface area contributed by atoms with E-state index < -0.39 is 23.9 Å². The van der Waals surface area contributed by atoms with Crippen molar-refractivity contribution in [1.82, 2.24) is 4.90 Å². The summed E-state index contributed by atoms with van der Waals surface area (Å²) in [5.41, 5.74) is 0.311. The third-order valence-corrected chi connectivity index (χ3v) is 6.14. The summed E-state index contributed by atoms with van der Waals surface area (Å²) in [5, 5.41) is 0. The van der Waals surface area contributed by atoms with Crippen LogP contribution in [0.3, 0.4) is 0 Å². The summed E-state index contributed by atoms with van der Waals surface area (Å²) in [4.78, 5) is 14.1. The van der Waals surface area contributed by atoms with Crippen LogP contribution in [0.25, 0.3) is 0 Å². The number of rotatable bonds is 2. The number of nitrogens with zero attached hydrogens (tertiary/aromatic N) is 1. The van der Waals surface area contributed by atoms with Crippen LogP contribution < -0.4 is 5.46 Å². The molecule has 0 bridgehead atoms. The first-order chi connectivity index (χ1) is 13.3. The minimum Gasteiger partial charge on any atom is -0.444 e. The molecule has 0 spiro atoms. The molecule has 2 saturated heterocycles. The highest BCUT2D eigenvalue weighted by Gasteiger charge is 2.52. The molecule has 2 aliphatic rings. The highest BCUT2D eigenvalue weighted by molar-refractivity contribution is 6.62. The van der Waals surface area contributed by atoms with Gasteiger partial charge in [-0.25, -0.2) is 9.18 Å². The molecule has 0 aromatic heterocycles. The van der Waals surface area contributed by atoms with Gasteiger partial charge in [0.25, 0.3) is 0 Å². The molecule has 0 aliphatic carbocycles. The molecule has 29 heavy (non-hydrogen) atoms. The Labute approximate surface area is 174 Å². The summed E-state index contributed by atoms with van der Waals surface area (Å²) in [7, 11) is -0.602. The van der Waals surface area contributed by atoms with Crippen molar-refractivity contribution < 1.29 is 23.2 Å². The maximum absolute atomic E-state index is 14.1. The Morgan fingerprint density at radius 1 is 1.14 bits per heavy atom. The summed E-state index contributed by atoms with van der Waals surface area (Å²) in [6, 6.07) is 4.85. The zero-order valence-electron chi connectivity index (χ0n) is 18.7. The first-order valence-electron chi connectivity index (χ1n) is 10.4. The molecule has 5 nitrogen and oxygen atoms in total. The van der Waals surface area contributed by atoms with Crippen molar-refractivity contribution in [3.05, 3.63) is 29.6 Å². The van der Waals surface area contributed by atoms with Crippen LogP contribution in [-0.4, -0.2) is 48.0 Å². The van der Waals surface area contributed by atoms with E-state index in [0.29, 0.717) is 13.1 Å². The van der Waals surface area contributed by atoms with Gasteiger partial charge in [0.1, 0.15) is 11.4 Å². The van der Waals surface area contributed by atoms with Gasteiger partial charge in [-0.15, -0.1) is 0 Å². The van der Waals surface area contributed by atoms with E-state index in [9.17, 15) is 9.18 Å². The van der Waals surface area contributed by atoms with Crippen LogP contribution in [0.2, 0.25) is 0 Å². The van der Waals surface area contributed by atoms with Crippen LogP contribution in [0.5, 0.6) is 0 Å². The standard InChI is InChI=1S/C22H33BFNO4/c1-20(2,3)27-19(26)25-12-10-15(11-13-25)17-9-8-16(24)14-18(17)23-28-21(4,5)22(6,7)29-23/h8-9,14-15H,10-13H2,1-7H3. The zero-order valence-corrected chi connectivity index (χ0v) is 18.7. The molecule has 0 saturated carbocycles. The molecule has 1 amide bonds. The minimum atomic E-state index is -0.602. The Morgan fingerprint density at radius 2 is 1.69 bits per heavy atom. The smallest absolute Gasteiger partial charge is 0.444 e. The lowest BCUT2D eigenvalue weighted by Gasteiger charge is -2.34. The van der Waals surface area contributed by atoms with E-state index in [0.717, 1.165) is 23.9 Å². The maximum Gasteiger partial charge on any atom is 0.495 e. The van der Waals surface area contributed by atoms with E-state index in [1.54, 1.807) is 4.90 Å². The highest BCUT2D eigenvalue weighted by Crippen LogP contribution is 2.38. The molecule has 0 unspecified atom stereocenters. The maximum atomic E-state index is 14.1. The largest absolute Gasteiger partial charge is 0.495 e. The fraction of sp³-hybridized carbons (Fsp3) is 0.682. The van der Waals surface area contributed by atoms with Gasteiger partial charge in [-0.3, -0.25) is 0 Å². The second-order valence-corrected chi connectivity index (χ2v) is 10.1. The number of carbonyl (C=O) groups excluding carboxylic acids is 1. The van der Waals surface area contributed by atoms with Crippen molar-refractivity contribution in [1.29, 1.82) is 0 Å². The summed E-state index contributed by atoms with van der Waals surface area (Å²) in [6.07, 6.45) is 1.30. The fourth-order valence-corrected chi connectivity index (χ4v) is 3.79. The van der Waals surface area contributed by atoms with E-state index in [2.05, 4.69) is 0 Å². The molecule has 0 atom stereocenters. The van der Waals surface area contributed by atoms with Gasteiger partial charge < -0.3 is 18.9 Å². The van der Waals surface area contributed by atoms with Crippen LogP contribution in [0.15, 0.2) is 18.2 Å². The molecular formula is C22H33BFNO4. The van der Waals surface area contributed by atoms with Crippen molar-refractivity contribution in [2.75, 3.05) is 13.1 Å². The van der Waals surface area contributed by atoms with Gasteiger partial charge in [-0.05, 0) is 90.4 Å². The highest BCUT2D eigenvalue weighted by atomic mass is 19.1. The quantitative estimate of drug-likeness (QED) is 0.691. The van der Waals surface area contributed by atoms with Crippen LogP contribution >= 0.6 is 0 Å². The molecule has 1 aromatic carbocycles. The van der Waals surface area contributed by atoms with Gasteiger partial charge in [-0.1, -0.05) is 6.07 Å². The van der Waals surface area contributed by atoms with Gasteiger partial charge in [0, 0.05) is 13.1 Å². The molecule has 1 aromatic rings. The van der Waals surface area contributed by atoms with Gasteiger partial charge in [0.05, 0.1) is 11.2 Å². The van der Waals surface area contributed by atoms with Gasteiger partial charge in [-0.2, -0.15) is 0 Å². The van der Waals surface area contributed by atoms with Crippen LogP contribution in [-0.2, 0) is 14.0 Å². The zero-order chi connectivity index (χ0) is 21.6. The first kappa shape index (κ1) is 22.1. The van der Waals surface area contributed by atoms with Crippen molar-refractivity contribution in [3.8, 4) is 0 Å². The van der Waals surface area contributed by atoms with E-state index in [4.69, 9.17) is 14.0 Å². The molecule has 0 radical (unpaired) electrons. The third-order valence-electron chi connectivity index (χ3n) is 6.14. The second kappa shape index (κ2) is 7.58. The number of piperidine rings is 1. The lowest BCUT2D eigenvalue weighted by molar-refractivity contribution is 0.00578. The predicted molar refractivity (Wildman–Crippen MR) is 112 cm³/mol. The number of halogens is 1. The Bertz CT molecular complexity index is 751. The molecule has 7 heteroatoms. The number of hydrogen-bond acceptors (Lipinski definition) is 4. The van der Waals surface area contributed by atoms with E-state index >= 15 is 0 Å². The van der Waals surface area contributed by atoms with Gasteiger partial charge in [0.2, 0.25) is 0 Å². The number of hydrogen-bond donors (Lipinski definition) is 0. The van der Waals surface area contributed by atoms with Gasteiger partial charge >= 0.3 is 13.2 Å². The third kappa shape index (κ3) is 4.77. The van der Waals surface area contributed by atoms with E-state index in [1.807, 2.05) is 54.5 Å². The summed E-state index contributed by atoms with van der Waals surface area (Å²) < 4.78 is 31.9. The van der Waals surface area contributed by atoms with E-state index in [-0.39, 0.29) is 17.8 Å². The van der Waals surface area contributed by atoms with Crippen LogP contribution in [0.1, 0.15) is 72.8 Å². The Morgan fingerprint density at radius 3 is 2.21 bits per heavy atom. The molecular weight excluding hydrogens is 372 g/mol. The van der Waals surface area contributed by atoms with Crippen molar-refractivity contribution in [2.24, 2.45) is 0 Å². The average molecular weight is 405 g/mol. The summed E-state index contributed by atoms with van der Waals surface area (Å²) in [6.45, 7) is 14.8. The lowest BCUT2D eigenvalue weighted by Crippen LogP contribution is -2.43. The number of ether oxygens (including phenoxy) is 1. The first-order valence-corrected chi connectivity index (χ1v) is 10.4. The van der Waals surface area contributed by atoms with Crippen LogP contribution in [0, 0.1) is 5.82 Å². The Balaban J connectivity index is 1.76. The van der Waals surface area contributed by atoms with Gasteiger partial charge in [0.15, 0.2) is 0 Å². The second-order valence-electron chi connectivity index (χ2n) is 10.1. The van der Waals surface area contributed by atoms with Crippen molar-refractivity contribution in [3.63, 3.8) is 0 Å². The molecule has 2 fully saturated rings. The predicted octanol–water partition coefficient (Wildman–Crippen LogP) is 4.24. The number of benzene rings is 1. The monoisotopic (exact) mass is 405 g/mol. The van der Waals surface area contributed by atoms with Crippen LogP contribution in [0.4, 0.5) is 9.18 Å². The molecule has 2 heterocycles. The average Bonchev–Trinajstić information content (AvgIpc) is 2.81. The van der Waals surface area contributed by atoms with Crippen molar-refractivity contribution in [2.45, 2.75) is 84.0 Å². The van der Waals surface area contributed by atoms with Crippen molar-refractivity contribution >= 4 is 18.7 Å².